The van der Waals surface area contributed by atoms with Crippen molar-refractivity contribution in [2.24, 2.45) is 7.05 Å². The van der Waals surface area contributed by atoms with Gasteiger partial charge in [0.2, 0.25) is 11.1 Å². The van der Waals surface area contributed by atoms with Gasteiger partial charge in [-0.05, 0) is 43.0 Å². The van der Waals surface area contributed by atoms with Crippen LogP contribution < -0.4 is 21.2 Å². The van der Waals surface area contributed by atoms with Gasteiger partial charge in [0.1, 0.15) is 12.0 Å². The van der Waals surface area contributed by atoms with Crippen molar-refractivity contribution in [2.45, 2.75) is 30.0 Å². The lowest BCUT2D eigenvalue weighted by molar-refractivity contribution is -0.175. The van der Waals surface area contributed by atoms with Crippen LogP contribution in [-0.2, 0) is 42.1 Å². The van der Waals surface area contributed by atoms with E-state index in [1.807, 2.05) is 182 Å². The van der Waals surface area contributed by atoms with Crippen molar-refractivity contribution in [2.75, 3.05) is 12.4 Å². The first kappa shape index (κ1) is 42.8. The molecule has 63 heavy (non-hydrogen) atoms. The lowest BCUT2D eigenvalue weighted by atomic mass is 10.0. The van der Waals surface area contributed by atoms with Crippen LogP contribution in [0.4, 0.5) is 0 Å². The number of aromatic nitrogens is 4. The second-order valence-electron chi connectivity index (χ2n) is 14.6. The molecule has 0 saturated carbocycles. The molecule has 7 aromatic rings. The molecule has 1 saturated heterocycles. The molecule has 1 N–H and O–H groups in total. The van der Waals surface area contributed by atoms with Gasteiger partial charge in [0.15, 0.2) is 24.2 Å². The fourth-order valence-electron chi connectivity index (χ4n) is 7.62. The molecule has 8 rings (SSSR count). The minimum atomic E-state index is -3.43. The zero-order valence-corrected chi connectivity index (χ0v) is 35.9. The predicted octanol–water partition coefficient (Wildman–Crippen LogP) is 5.24. The first-order chi connectivity index (χ1) is 30.8. The van der Waals surface area contributed by atoms with Gasteiger partial charge < -0.3 is 14.8 Å². The number of nitrogens with zero attached hydrogens (tertiary/aromatic N) is 5. The maximum absolute atomic E-state index is 15.9. The molecule has 2 heterocycles. The Morgan fingerprint density at radius 2 is 1.17 bits per heavy atom. The van der Waals surface area contributed by atoms with E-state index in [-0.39, 0.29) is 23.4 Å². The zero-order chi connectivity index (χ0) is 43.6. The molecule has 0 aliphatic carbocycles. The van der Waals surface area contributed by atoms with E-state index in [9.17, 15) is 9.59 Å². The summed E-state index contributed by atoms with van der Waals surface area (Å²) in [6, 6.07) is 55.5. The molecule has 6 aromatic carbocycles. The van der Waals surface area contributed by atoms with Gasteiger partial charge in [0, 0.05) is 13.9 Å². The van der Waals surface area contributed by atoms with Crippen LogP contribution >= 0.6 is 18.6 Å². The number of hydrogen-bond donors (Lipinski definition) is 1. The highest BCUT2D eigenvalue weighted by molar-refractivity contribution is 7.99. The number of likely N-dealkylation sites (tertiary alicyclic amines) is 1. The highest BCUT2D eigenvalue weighted by Gasteiger charge is 2.55. The summed E-state index contributed by atoms with van der Waals surface area (Å²) in [5.74, 6) is -2.17. The maximum Gasteiger partial charge on any atom is 0.357 e. The summed E-state index contributed by atoms with van der Waals surface area (Å²) in [5.41, 5.74) is 2.20. The number of carbonyl (C=O) groups is 4. The molecule has 1 aliphatic rings. The normalized spacial score (nSPS) is 14.8. The first-order valence-corrected chi connectivity index (χ1v) is 23.0. The van der Waals surface area contributed by atoms with Gasteiger partial charge in [-0.2, -0.15) is 0 Å². The van der Waals surface area contributed by atoms with E-state index in [2.05, 4.69) is 20.8 Å². The van der Waals surface area contributed by atoms with Gasteiger partial charge in [-0.15, -0.1) is 5.10 Å². The minimum absolute atomic E-state index is 0.0118. The Labute approximate surface area is 369 Å². The van der Waals surface area contributed by atoms with E-state index in [0.717, 1.165) is 44.4 Å². The smallest absolute Gasteiger partial charge is 0.357 e. The van der Waals surface area contributed by atoms with Crippen molar-refractivity contribution in [1.82, 2.24) is 30.4 Å². The average Bonchev–Trinajstić information content (AvgIpc) is 3.75. The summed E-state index contributed by atoms with van der Waals surface area (Å²) < 4.78 is 14.7. The van der Waals surface area contributed by atoms with Crippen molar-refractivity contribution >= 4 is 63.5 Å². The summed E-state index contributed by atoms with van der Waals surface area (Å²) in [6.07, 6.45) is -2.19. The average molecular weight is 875 g/mol. The molecule has 2 amide bonds. The van der Waals surface area contributed by atoms with Crippen LogP contribution in [0, 0.1) is 0 Å². The van der Waals surface area contributed by atoms with E-state index in [1.54, 1.807) is 7.05 Å². The fourth-order valence-corrected chi connectivity index (χ4v) is 12.7. The molecule has 1 aromatic heterocycles. The number of ether oxygens (including phenoxy) is 2. The molecule has 2 atom stereocenters. The van der Waals surface area contributed by atoms with Gasteiger partial charge in [0.05, 0.1) is 12.2 Å². The number of aryl methyl sites for hydroxylation is 1. The molecule has 0 unspecified atom stereocenters. The largest absolute Gasteiger partial charge is 0.448 e. The van der Waals surface area contributed by atoms with Crippen LogP contribution in [0.2, 0.25) is 0 Å². The lowest BCUT2D eigenvalue weighted by Crippen LogP contribution is -2.74. The maximum atomic E-state index is 15.9. The third-order valence-corrected chi connectivity index (χ3v) is 15.8. The first-order valence-electron chi connectivity index (χ1n) is 20.2. The van der Waals surface area contributed by atoms with Crippen molar-refractivity contribution in [1.29, 1.82) is 0 Å². The molecule has 12 nitrogen and oxygen atoms in total. The Kier molecular flexibility index (Phi) is 13.5. The van der Waals surface area contributed by atoms with Crippen LogP contribution in [-0.4, -0.2) is 78.7 Å². The third-order valence-electron chi connectivity index (χ3n) is 10.5. The molecular weight excluding hydrogens is 832 g/mol. The van der Waals surface area contributed by atoms with Crippen molar-refractivity contribution in [3.8, 4) is 0 Å². The quantitative estimate of drug-likeness (QED) is 0.0559. The standard InChI is InChI=1S/C49H43N6O6PS/c1-54-49(51-52-53-54)63-34-38(56)33-60-46-43(50-42(57)32-35-20-8-2-9-21-35)45(58)55(46)47(48(59)61-44(36-22-10-3-11-23-36)37-24-12-4-13-25-37)62(39-26-14-5-15-27-39,40-28-16-6-17-29-40)41-30-18-7-19-31-41/h2-31,43-44,46H,32-34H2,1H3,(H,50,57)/t43-,46+/m1/s1. The minimum Gasteiger partial charge on any atom is -0.448 e. The fraction of sp³-hybridized carbons (Fsp3) is 0.143. The topological polar surface area (TPSA) is 146 Å². The van der Waals surface area contributed by atoms with Crippen molar-refractivity contribution in [3.63, 3.8) is 0 Å². The van der Waals surface area contributed by atoms with E-state index in [0.29, 0.717) is 5.16 Å². The number of nitrogens with one attached hydrogen (secondary N) is 1. The van der Waals surface area contributed by atoms with Gasteiger partial charge >= 0.3 is 5.97 Å². The van der Waals surface area contributed by atoms with Gasteiger partial charge in [-0.1, -0.05) is 194 Å². The molecule has 0 spiro atoms. The zero-order valence-electron chi connectivity index (χ0n) is 34.2. The Morgan fingerprint density at radius 3 is 1.65 bits per heavy atom. The number of esters is 1. The number of rotatable bonds is 17. The van der Waals surface area contributed by atoms with Crippen LogP contribution in [0.25, 0.3) is 0 Å². The number of amides is 2. The SMILES string of the molecule is Cn1nnnc1SCC(=O)CO[C@H]1[C@H](NC(=O)Cc2ccccc2)C(=O)N1C(C(=O)OC(c1ccccc1)c1ccccc1)=P(c1ccccc1)(c1ccccc1)c1ccccc1. The van der Waals surface area contributed by atoms with Crippen LogP contribution in [0.1, 0.15) is 22.8 Å². The van der Waals surface area contributed by atoms with Gasteiger partial charge in [0.25, 0.3) is 5.91 Å². The molecule has 14 heteroatoms. The summed E-state index contributed by atoms with van der Waals surface area (Å²) in [7, 11) is 1.67. The predicted molar refractivity (Wildman–Crippen MR) is 244 cm³/mol. The highest BCUT2D eigenvalue weighted by Crippen LogP contribution is 2.49. The monoisotopic (exact) mass is 874 g/mol. The van der Waals surface area contributed by atoms with E-state index in [1.165, 1.54) is 9.58 Å². The van der Waals surface area contributed by atoms with E-state index < -0.39 is 49.7 Å². The van der Waals surface area contributed by atoms with Crippen LogP contribution in [0.3, 0.4) is 0 Å². The van der Waals surface area contributed by atoms with Crippen LogP contribution in [0.5, 0.6) is 0 Å². The summed E-state index contributed by atoms with van der Waals surface area (Å²) in [6.45, 7) is -3.88. The van der Waals surface area contributed by atoms with Crippen molar-refractivity contribution in [3.05, 3.63) is 199 Å². The number of β-lactam (4-membered cyclic amide) rings is 1. The number of Topliss-reactive ketones (excluding diaryl/α,β-unsaturated/α-hetero) is 1. The Hall–Kier alpha value is -6.92. The number of thioether (sulfide) groups is 1. The van der Waals surface area contributed by atoms with Crippen LogP contribution in [0.15, 0.2) is 187 Å². The highest BCUT2D eigenvalue weighted by atomic mass is 32.2. The number of ketones is 1. The second kappa shape index (κ2) is 19.9. The summed E-state index contributed by atoms with van der Waals surface area (Å²) in [4.78, 5) is 59.7. The number of benzene rings is 6. The molecular formula is C49H43N6O6PS. The molecule has 1 aliphatic heterocycles. The molecule has 316 valence electrons. The Balaban J connectivity index is 1.31. The molecule has 1 fully saturated rings. The molecule has 0 radical (unpaired) electrons. The number of tetrazole rings is 1. The third kappa shape index (κ3) is 9.31. The Bertz CT molecular complexity index is 2590. The van der Waals surface area contributed by atoms with E-state index in [4.69, 9.17) is 9.47 Å². The summed E-state index contributed by atoms with van der Waals surface area (Å²) in [5, 5.41) is 17.0. The van der Waals surface area contributed by atoms with E-state index >= 15 is 9.59 Å². The Morgan fingerprint density at radius 1 is 0.698 bits per heavy atom. The number of hydrogen-bond acceptors (Lipinski definition) is 10. The number of carbonyl (C=O) groups excluding carboxylic acids is 4. The molecule has 0 bridgehead atoms. The van der Waals surface area contributed by atoms with Crippen molar-refractivity contribution < 1.29 is 28.7 Å². The lowest BCUT2D eigenvalue weighted by Gasteiger charge is -2.49. The summed E-state index contributed by atoms with van der Waals surface area (Å²) >= 11 is 1.14. The second-order valence-corrected chi connectivity index (χ2v) is 18.9. The van der Waals surface area contributed by atoms with Gasteiger partial charge in [-0.25, -0.2) is 9.48 Å². The van der Waals surface area contributed by atoms with Gasteiger partial charge in [-0.3, -0.25) is 19.3 Å².